The van der Waals surface area contributed by atoms with E-state index in [0.29, 0.717) is 11.2 Å². The van der Waals surface area contributed by atoms with Gasteiger partial charge in [0, 0.05) is 5.69 Å². The molecule has 0 radical (unpaired) electrons. The summed E-state index contributed by atoms with van der Waals surface area (Å²) in [4.78, 5) is 0. The molecule has 0 bridgehead atoms. The van der Waals surface area contributed by atoms with Crippen LogP contribution in [-0.2, 0) is 25.3 Å². The fourth-order valence-electron chi connectivity index (χ4n) is 2.14. The van der Waals surface area contributed by atoms with Crippen LogP contribution in [0.2, 0.25) is 0 Å². The number of nitrogens with two attached hydrogens (primary N) is 1. The monoisotopic (exact) mass is 315 g/mol. The Bertz CT molecular complexity index is 644. The van der Waals surface area contributed by atoms with Gasteiger partial charge in [-0.2, -0.15) is 8.42 Å². The Morgan fingerprint density at radius 2 is 1.67 bits per heavy atom. The first-order chi connectivity index (χ1) is 9.40. The van der Waals surface area contributed by atoms with Crippen LogP contribution in [0.3, 0.4) is 0 Å². The Balaban J connectivity index is 2.34. The molecule has 0 spiro atoms. The molecule has 1 fully saturated rings. The van der Waals surface area contributed by atoms with Gasteiger partial charge >= 0.3 is 17.3 Å². The molecule has 1 heterocycles. The molecule has 0 aliphatic carbocycles. The molecule has 5 nitrogen and oxygen atoms in total. The van der Waals surface area contributed by atoms with Gasteiger partial charge in [0.2, 0.25) is 0 Å². The van der Waals surface area contributed by atoms with Gasteiger partial charge in [0.15, 0.2) is 0 Å². The van der Waals surface area contributed by atoms with Crippen molar-refractivity contribution in [2.75, 3.05) is 5.73 Å². The fourth-order valence-corrected chi connectivity index (χ4v) is 2.71. The first-order valence-corrected chi connectivity index (χ1v) is 8.12. The molecule has 2 N–H and O–H groups in total. The highest BCUT2D eigenvalue weighted by Crippen LogP contribution is 2.36. The van der Waals surface area contributed by atoms with Crippen LogP contribution in [-0.4, -0.2) is 26.7 Å². The van der Waals surface area contributed by atoms with E-state index in [-0.39, 0.29) is 5.56 Å². The Morgan fingerprint density at radius 3 is 2.14 bits per heavy atom. The number of anilines is 1. The number of rotatable bonds is 3. The lowest BCUT2D eigenvalue weighted by Gasteiger charge is -2.32. The average Bonchev–Trinajstić information content (AvgIpc) is 2.44. The predicted octanol–water partition coefficient (Wildman–Crippen LogP) is 1.37. The highest BCUT2D eigenvalue weighted by molar-refractivity contribution is 7.85. The summed E-state index contributed by atoms with van der Waals surface area (Å²) in [6, 6.07) is 4.60. The molecular formula is C13H19BFNO4S. The van der Waals surface area contributed by atoms with Gasteiger partial charge < -0.3 is 15.0 Å². The van der Waals surface area contributed by atoms with Crippen molar-refractivity contribution in [3.63, 3.8) is 0 Å². The van der Waals surface area contributed by atoms with E-state index in [4.69, 9.17) is 15.0 Å². The van der Waals surface area contributed by atoms with Crippen molar-refractivity contribution in [2.24, 2.45) is 0 Å². The minimum Gasteiger partial charge on any atom is -0.399 e. The molecule has 1 aromatic rings. The summed E-state index contributed by atoms with van der Waals surface area (Å²) in [6.07, 6.45) is 0. The number of nitrogen functional groups attached to an aromatic ring is 1. The maximum Gasteiger partial charge on any atom is 0.494 e. The van der Waals surface area contributed by atoms with Crippen molar-refractivity contribution in [3.05, 3.63) is 23.8 Å². The van der Waals surface area contributed by atoms with E-state index in [0.717, 1.165) is 0 Å². The van der Waals surface area contributed by atoms with E-state index >= 15 is 0 Å². The number of hydrogen-bond acceptors (Lipinski definition) is 5. The molecule has 0 amide bonds. The SMILES string of the molecule is CC1(C)OB(c2cc(N)cc(CS(=O)(=O)F)c2)OC1(C)C. The first-order valence-electron chi connectivity index (χ1n) is 6.57. The van der Waals surface area contributed by atoms with Crippen molar-refractivity contribution in [1.82, 2.24) is 0 Å². The minimum absolute atomic E-state index is 0.266. The number of hydrogen-bond donors (Lipinski definition) is 1. The summed E-state index contributed by atoms with van der Waals surface area (Å²) in [6.45, 7) is 7.64. The Kier molecular flexibility index (Phi) is 3.84. The molecule has 2 rings (SSSR count). The van der Waals surface area contributed by atoms with Crippen molar-refractivity contribution < 1.29 is 21.6 Å². The van der Waals surface area contributed by atoms with Crippen LogP contribution in [0.1, 0.15) is 33.3 Å². The standard InChI is InChI=1S/C13H19BFNO4S/c1-12(2)13(3,4)20-14(19-12)10-5-9(6-11(16)7-10)8-21(15,17)18/h5-7H,8,16H2,1-4H3. The van der Waals surface area contributed by atoms with Gasteiger partial charge in [-0.25, -0.2) is 0 Å². The van der Waals surface area contributed by atoms with Crippen LogP contribution in [0.4, 0.5) is 9.57 Å². The van der Waals surface area contributed by atoms with Crippen LogP contribution in [0.15, 0.2) is 18.2 Å². The Labute approximate surface area is 125 Å². The van der Waals surface area contributed by atoms with Gasteiger partial charge in [-0.1, -0.05) is 6.07 Å². The molecule has 1 aliphatic rings. The third kappa shape index (κ3) is 3.56. The molecule has 21 heavy (non-hydrogen) atoms. The van der Waals surface area contributed by atoms with Gasteiger partial charge in [-0.3, -0.25) is 0 Å². The van der Waals surface area contributed by atoms with Gasteiger partial charge in [-0.05, 0) is 50.9 Å². The van der Waals surface area contributed by atoms with Gasteiger partial charge in [0.05, 0.1) is 11.2 Å². The van der Waals surface area contributed by atoms with Crippen LogP contribution < -0.4 is 11.2 Å². The molecule has 1 aromatic carbocycles. The summed E-state index contributed by atoms with van der Waals surface area (Å²) >= 11 is 0. The molecule has 116 valence electrons. The van der Waals surface area contributed by atoms with E-state index in [2.05, 4.69) is 0 Å². The van der Waals surface area contributed by atoms with E-state index < -0.39 is 34.3 Å². The topological polar surface area (TPSA) is 78.6 Å². The summed E-state index contributed by atoms with van der Waals surface area (Å²) in [5, 5.41) is 0. The molecule has 1 saturated heterocycles. The van der Waals surface area contributed by atoms with Crippen molar-refractivity contribution >= 4 is 28.5 Å². The largest absolute Gasteiger partial charge is 0.494 e. The summed E-state index contributed by atoms with van der Waals surface area (Å²) in [5.41, 5.74) is 5.89. The second kappa shape index (κ2) is 4.96. The molecule has 0 aromatic heterocycles. The first kappa shape index (κ1) is 16.3. The summed E-state index contributed by atoms with van der Waals surface area (Å²) in [5.74, 6) is -0.718. The van der Waals surface area contributed by atoms with Gasteiger partial charge in [0.25, 0.3) is 0 Å². The second-order valence-corrected chi connectivity index (χ2v) is 7.65. The van der Waals surface area contributed by atoms with Crippen LogP contribution >= 0.6 is 0 Å². The zero-order chi connectivity index (χ0) is 16.1. The van der Waals surface area contributed by atoms with E-state index in [9.17, 15) is 12.3 Å². The number of halogens is 1. The molecular weight excluding hydrogens is 296 g/mol. The minimum atomic E-state index is -4.62. The zero-order valence-electron chi connectivity index (χ0n) is 12.5. The maximum atomic E-state index is 12.8. The van der Waals surface area contributed by atoms with Gasteiger partial charge in [0.1, 0.15) is 5.75 Å². The molecule has 0 atom stereocenters. The van der Waals surface area contributed by atoms with Crippen molar-refractivity contribution in [1.29, 1.82) is 0 Å². The van der Waals surface area contributed by atoms with E-state index in [1.165, 1.54) is 12.1 Å². The fraction of sp³-hybridized carbons (Fsp3) is 0.538. The normalized spacial score (nSPS) is 20.7. The maximum absolute atomic E-state index is 12.8. The quantitative estimate of drug-likeness (QED) is 0.518. The van der Waals surface area contributed by atoms with E-state index in [1.54, 1.807) is 6.07 Å². The summed E-state index contributed by atoms with van der Waals surface area (Å²) < 4.78 is 46.1. The highest BCUT2D eigenvalue weighted by atomic mass is 32.3. The van der Waals surface area contributed by atoms with E-state index in [1.807, 2.05) is 27.7 Å². The molecule has 0 unspecified atom stereocenters. The average molecular weight is 315 g/mol. The number of benzene rings is 1. The second-order valence-electron chi connectivity index (χ2n) is 6.28. The summed E-state index contributed by atoms with van der Waals surface area (Å²) in [7, 11) is -5.28. The van der Waals surface area contributed by atoms with Crippen molar-refractivity contribution in [2.45, 2.75) is 44.6 Å². The van der Waals surface area contributed by atoms with Crippen LogP contribution in [0.5, 0.6) is 0 Å². The lowest BCUT2D eigenvalue weighted by molar-refractivity contribution is 0.00578. The Morgan fingerprint density at radius 1 is 1.14 bits per heavy atom. The molecule has 1 aliphatic heterocycles. The smallest absolute Gasteiger partial charge is 0.399 e. The lowest BCUT2D eigenvalue weighted by atomic mass is 9.78. The lowest BCUT2D eigenvalue weighted by Crippen LogP contribution is -2.41. The van der Waals surface area contributed by atoms with Gasteiger partial charge in [-0.15, -0.1) is 3.89 Å². The van der Waals surface area contributed by atoms with Crippen LogP contribution in [0, 0.1) is 0 Å². The molecule has 0 saturated carbocycles. The predicted molar refractivity (Wildman–Crippen MR) is 80.3 cm³/mol. The third-order valence-electron chi connectivity index (χ3n) is 3.90. The zero-order valence-corrected chi connectivity index (χ0v) is 13.3. The molecule has 8 heteroatoms. The Hall–Kier alpha value is -1.12. The van der Waals surface area contributed by atoms with Crippen LogP contribution in [0.25, 0.3) is 0 Å². The third-order valence-corrected chi connectivity index (χ3v) is 4.58. The van der Waals surface area contributed by atoms with Crippen molar-refractivity contribution in [3.8, 4) is 0 Å². The highest BCUT2D eigenvalue weighted by Gasteiger charge is 2.51.